The van der Waals surface area contributed by atoms with Gasteiger partial charge >= 0.3 is 0 Å². The van der Waals surface area contributed by atoms with Gasteiger partial charge in [0.15, 0.2) is 0 Å². The number of carbonyl (C=O) groups excluding carboxylic acids is 1. The molecule has 140 valence electrons. The maximum Gasteiger partial charge on any atom is 0.253 e. The lowest BCUT2D eigenvalue weighted by Crippen LogP contribution is -2.36. The van der Waals surface area contributed by atoms with Gasteiger partial charge in [-0.1, -0.05) is 42.5 Å². The van der Waals surface area contributed by atoms with E-state index in [0.29, 0.717) is 6.54 Å². The molecule has 1 aromatic heterocycles. The quantitative estimate of drug-likeness (QED) is 0.710. The number of likely N-dealkylation sites (tertiary alicyclic amines) is 1. The van der Waals surface area contributed by atoms with E-state index in [-0.39, 0.29) is 11.9 Å². The van der Waals surface area contributed by atoms with Crippen molar-refractivity contribution in [1.29, 1.82) is 0 Å². The number of aromatic nitrogens is 1. The number of hydrogen-bond donors (Lipinski definition) is 2. The van der Waals surface area contributed by atoms with Crippen LogP contribution in [0, 0.1) is 13.8 Å². The number of nitrogens with zero attached hydrogens (tertiary/aromatic N) is 1. The number of aryl methyl sites for hydroxylation is 2. The monoisotopic (exact) mass is 361 g/mol. The number of rotatable bonds is 5. The second-order valence-electron chi connectivity index (χ2n) is 7.48. The summed E-state index contributed by atoms with van der Waals surface area (Å²) in [5, 5.41) is 4.32. The van der Waals surface area contributed by atoms with Crippen molar-refractivity contribution in [3.8, 4) is 0 Å². The molecule has 0 radical (unpaired) electrons. The van der Waals surface area contributed by atoms with E-state index in [1.807, 2.05) is 18.2 Å². The highest BCUT2D eigenvalue weighted by Crippen LogP contribution is 2.26. The molecule has 1 saturated heterocycles. The molecular formula is C23H27N3O. The van der Waals surface area contributed by atoms with Crippen LogP contribution in [0.25, 0.3) is 10.9 Å². The van der Waals surface area contributed by atoms with Crippen molar-refractivity contribution in [2.75, 3.05) is 19.6 Å². The third-order valence-corrected chi connectivity index (χ3v) is 5.81. The van der Waals surface area contributed by atoms with E-state index in [4.69, 9.17) is 0 Å². The van der Waals surface area contributed by atoms with Crippen LogP contribution in [0.15, 0.2) is 48.5 Å². The van der Waals surface area contributed by atoms with Gasteiger partial charge in [0.2, 0.25) is 0 Å². The third kappa shape index (κ3) is 3.50. The maximum absolute atomic E-state index is 13.0. The fourth-order valence-corrected chi connectivity index (χ4v) is 4.14. The van der Waals surface area contributed by atoms with Crippen molar-refractivity contribution in [3.05, 3.63) is 70.9 Å². The maximum atomic E-state index is 13.0. The molecule has 1 aliphatic rings. The number of H-pyrrole nitrogens is 1. The van der Waals surface area contributed by atoms with Crippen molar-refractivity contribution in [3.63, 3.8) is 0 Å². The Morgan fingerprint density at radius 1 is 1.07 bits per heavy atom. The van der Waals surface area contributed by atoms with Crippen molar-refractivity contribution in [2.45, 2.75) is 32.7 Å². The van der Waals surface area contributed by atoms with Gasteiger partial charge in [-0.05, 0) is 57.0 Å². The average molecular weight is 361 g/mol. The Balaban J connectivity index is 1.56. The lowest BCUT2D eigenvalue weighted by atomic mass is 10.0. The third-order valence-electron chi connectivity index (χ3n) is 5.81. The molecule has 4 nitrogen and oxygen atoms in total. The molecule has 1 atom stereocenters. The number of fused-ring (bicyclic) bond motifs is 1. The van der Waals surface area contributed by atoms with Crippen LogP contribution in [-0.4, -0.2) is 35.4 Å². The summed E-state index contributed by atoms with van der Waals surface area (Å²) in [7, 11) is 0. The van der Waals surface area contributed by atoms with Gasteiger partial charge in [0.25, 0.3) is 5.91 Å². The van der Waals surface area contributed by atoms with E-state index in [9.17, 15) is 4.79 Å². The zero-order chi connectivity index (χ0) is 18.8. The van der Waals surface area contributed by atoms with Gasteiger partial charge in [-0.25, -0.2) is 0 Å². The van der Waals surface area contributed by atoms with Gasteiger partial charge in [0.05, 0.1) is 17.1 Å². The first kappa shape index (κ1) is 17.8. The minimum Gasteiger partial charge on any atom is -0.358 e. The molecule has 2 N–H and O–H groups in total. The first-order chi connectivity index (χ1) is 13.1. The SMILES string of the molecule is Cc1[nH]c2c(C(=O)NC[C@H](c3ccccc3)N3CCCC3)cccc2c1C. The Hall–Kier alpha value is -2.59. The summed E-state index contributed by atoms with van der Waals surface area (Å²) in [4.78, 5) is 18.8. The first-order valence-corrected chi connectivity index (χ1v) is 9.80. The number of hydrogen-bond acceptors (Lipinski definition) is 2. The van der Waals surface area contributed by atoms with Gasteiger partial charge < -0.3 is 10.3 Å². The van der Waals surface area contributed by atoms with Crippen LogP contribution in [0.1, 0.15) is 46.1 Å². The number of aromatic amines is 1. The van der Waals surface area contributed by atoms with Crippen LogP contribution in [0.3, 0.4) is 0 Å². The lowest BCUT2D eigenvalue weighted by molar-refractivity contribution is 0.0939. The van der Waals surface area contributed by atoms with Gasteiger partial charge in [0, 0.05) is 17.6 Å². The largest absolute Gasteiger partial charge is 0.358 e. The molecule has 1 amide bonds. The fourth-order valence-electron chi connectivity index (χ4n) is 4.14. The van der Waals surface area contributed by atoms with Crippen molar-refractivity contribution < 1.29 is 4.79 Å². The summed E-state index contributed by atoms with van der Waals surface area (Å²) in [6.07, 6.45) is 2.47. The smallest absolute Gasteiger partial charge is 0.253 e. The van der Waals surface area contributed by atoms with Crippen molar-refractivity contribution in [1.82, 2.24) is 15.2 Å². The molecule has 4 heteroatoms. The summed E-state index contributed by atoms with van der Waals surface area (Å²) in [5.41, 5.74) is 5.24. The molecule has 1 aliphatic heterocycles. The molecule has 0 aliphatic carbocycles. The van der Waals surface area contributed by atoms with E-state index in [0.717, 1.165) is 35.2 Å². The van der Waals surface area contributed by atoms with Crippen LogP contribution >= 0.6 is 0 Å². The zero-order valence-corrected chi connectivity index (χ0v) is 16.1. The summed E-state index contributed by atoms with van der Waals surface area (Å²) in [6, 6.07) is 16.7. The van der Waals surface area contributed by atoms with Crippen LogP contribution < -0.4 is 5.32 Å². The molecule has 0 unspecified atom stereocenters. The first-order valence-electron chi connectivity index (χ1n) is 9.80. The number of para-hydroxylation sites is 1. The molecule has 0 saturated carbocycles. The van der Waals surface area contributed by atoms with Gasteiger partial charge in [-0.15, -0.1) is 0 Å². The number of amides is 1. The zero-order valence-electron chi connectivity index (χ0n) is 16.1. The highest BCUT2D eigenvalue weighted by Gasteiger charge is 2.24. The number of carbonyl (C=O) groups is 1. The Labute approximate surface area is 160 Å². The Morgan fingerprint density at radius 2 is 1.81 bits per heavy atom. The van der Waals surface area contributed by atoms with E-state index in [2.05, 4.69) is 59.4 Å². The predicted molar refractivity (Wildman–Crippen MR) is 110 cm³/mol. The highest BCUT2D eigenvalue weighted by molar-refractivity contribution is 6.06. The molecule has 2 heterocycles. The highest BCUT2D eigenvalue weighted by atomic mass is 16.1. The second-order valence-corrected chi connectivity index (χ2v) is 7.48. The Bertz CT molecular complexity index is 939. The molecule has 4 rings (SSSR count). The molecular weight excluding hydrogens is 334 g/mol. The van der Waals surface area contributed by atoms with Crippen LogP contribution in [0.2, 0.25) is 0 Å². The summed E-state index contributed by atoms with van der Waals surface area (Å²) in [5.74, 6) is -0.0121. The van der Waals surface area contributed by atoms with Crippen LogP contribution in [0.4, 0.5) is 0 Å². The summed E-state index contributed by atoms with van der Waals surface area (Å²) in [6.45, 7) is 6.96. The molecule has 0 bridgehead atoms. The minimum atomic E-state index is -0.0121. The normalized spacial score (nSPS) is 15.9. The van der Waals surface area contributed by atoms with E-state index < -0.39 is 0 Å². The van der Waals surface area contributed by atoms with Gasteiger partial charge in [-0.3, -0.25) is 9.69 Å². The molecule has 1 fully saturated rings. The van der Waals surface area contributed by atoms with Crippen LogP contribution in [0.5, 0.6) is 0 Å². The summed E-state index contributed by atoms with van der Waals surface area (Å²) < 4.78 is 0. The van der Waals surface area contributed by atoms with Gasteiger partial charge in [0.1, 0.15) is 0 Å². The van der Waals surface area contributed by atoms with Gasteiger partial charge in [-0.2, -0.15) is 0 Å². The molecule has 27 heavy (non-hydrogen) atoms. The standard InChI is InChI=1S/C23H27N3O/c1-16-17(2)25-22-19(16)11-8-12-20(22)23(27)24-15-21(26-13-6-7-14-26)18-9-4-3-5-10-18/h3-5,8-12,21,25H,6-7,13-15H2,1-2H3,(H,24,27)/t21-/m1/s1. The minimum absolute atomic E-state index is 0.0121. The number of nitrogens with one attached hydrogen (secondary N) is 2. The number of benzene rings is 2. The van der Waals surface area contributed by atoms with Crippen molar-refractivity contribution >= 4 is 16.8 Å². The Kier molecular flexibility index (Phi) is 4.99. The summed E-state index contributed by atoms with van der Waals surface area (Å²) >= 11 is 0. The fraction of sp³-hybridized carbons (Fsp3) is 0.348. The molecule has 2 aromatic carbocycles. The molecule has 0 spiro atoms. The van der Waals surface area contributed by atoms with Crippen LogP contribution in [-0.2, 0) is 0 Å². The second kappa shape index (κ2) is 7.57. The molecule has 3 aromatic rings. The topological polar surface area (TPSA) is 48.1 Å². The van der Waals surface area contributed by atoms with Crippen molar-refractivity contribution in [2.24, 2.45) is 0 Å². The van der Waals surface area contributed by atoms with E-state index in [1.54, 1.807) is 0 Å². The Morgan fingerprint density at radius 3 is 2.56 bits per heavy atom. The predicted octanol–water partition coefficient (Wildman–Crippen LogP) is 4.35. The average Bonchev–Trinajstić information content (AvgIpc) is 3.32. The van der Waals surface area contributed by atoms with E-state index >= 15 is 0 Å². The van der Waals surface area contributed by atoms with E-state index in [1.165, 1.54) is 24.0 Å². The lowest BCUT2D eigenvalue weighted by Gasteiger charge is -2.28.